The van der Waals surface area contributed by atoms with Gasteiger partial charge >= 0.3 is 0 Å². The van der Waals surface area contributed by atoms with Gasteiger partial charge in [0.25, 0.3) is 5.91 Å². The van der Waals surface area contributed by atoms with E-state index in [1.54, 1.807) is 37.2 Å². The number of rotatable bonds is 4. The zero-order chi connectivity index (χ0) is 20.4. The quantitative estimate of drug-likeness (QED) is 0.748. The molecule has 1 heterocycles. The lowest BCUT2D eigenvalue weighted by Crippen LogP contribution is -2.28. The number of para-hydroxylation sites is 1. The van der Waals surface area contributed by atoms with Crippen LogP contribution in [0, 0.1) is 5.92 Å². The fraction of sp³-hybridized carbons (Fsp3) is 0.250. The molecule has 1 aliphatic heterocycles. The van der Waals surface area contributed by atoms with Crippen LogP contribution in [-0.4, -0.2) is 43.3 Å². The number of amides is 3. The molecule has 3 rings (SSSR count). The summed E-state index contributed by atoms with van der Waals surface area (Å²) in [7, 11) is 3.28. The number of anilines is 2. The van der Waals surface area contributed by atoms with E-state index in [9.17, 15) is 14.4 Å². The summed E-state index contributed by atoms with van der Waals surface area (Å²) >= 11 is 9.63. The summed E-state index contributed by atoms with van der Waals surface area (Å²) in [6, 6.07) is 12.2. The van der Waals surface area contributed by atoms with Crippen LogP contribution in [0.1, 0.15) is 16.8 Å². The van der Waals surface area contributed by atoms with Gasteiger partial charge in [0.1, 0.15) is 0 Å². The van der Waals surface area contributed by atoms with E-state index in [-0.39, 0.29) is 29.2 Å². The Morgan fingerprint density at radius 2 is 1.93 bits per heavy atom. The van der Waals surface area contributed by atoms with Crippen molar-refractivity contribution in [1.29, 1.82) is 0 Å². The lowest BCUT2D eigenvalue weighted by Gasteiger charge is -2.18. The van der Waals surface area contributed by atoms with E-state index in [0.29, 0.717) is 17.8 Å². The van der Waals surface area contributed by atoms with Crippen LogP contribution in [0.3, 0.4) is 0 Å². The predicted octanol–water partition coefficient (Wildman–Crippen LogP) is 3.80. The Morgan fingerprint density at radius 1 is 1.21 bits per heavy atom. The first-order valence-electron chi connectivity index (χ1n) is 8.65. The highest BCUT2D eigenvalue weighted by molar-refractivity contribution is 9.10. The van der Waals surface area contributed by atoms with Crippen LogP contribution in [0.15, 0.2) is 46.9 Å². The van der Waals surface area contributed by atoms with Crippen molar-refractivity contribution in [2.75, 3.05) is 30.9 Å². The molecule has 0 radical (unpaired) electrons. The van der Waals surface area contributed by atoms with Crippen LogP contribution in [0.4, 0.5) is 11.4 Å². The Morgan fingerprint density at radius 3 is 2.57 bits per heavy atom. The average Bonchev–Trinajstić information content (AvgIpc) is 3.03. The highest BCUT2D eigenvalue weighted by Gasteiger charge is 2.35. The lowest BCUT2D eigenvalue weighted by atomic mass is 10.1. The van der Waals surface area contributed by atoms with Gasteiger partial charge in [0.2, 0.25) is 11.8 Å². The predicted molar refractivity (Wildman–Crippen MR) is 113 cm³/mol. The van der Waals surface area contributed by atoms with Gasteiger partial charge in [-0.3, -0.25) is 14.4 Å². The largest absolute Gasteiger partial charge is 0.345 e. The molecule has 28 heavy (non-hydrogen) atoms. The highest BCUT2D eigenvalue weighted by atomic mass is 79.9. The van der Waals surface area contributed by atoms with Crippen molar-refractivity contribution in [3.63, 3.8) is 0 Å². The van der Waals surface area contributed by atoms with E-state index < -0.39 is 5.92 Å². The van der Waals surface area contributed by atoms with Crippen molar-refractivity contribution in [3.8, 4) is 0 Å². The lowest BCUT2D eigenvalue weighted by molar-refractivity contribution is -0.122. The molecule has 2 aromatic rings. The van der Waals surface area contributed by atoms with Gasteiger partial charge in [-0.2, -0.15) is 0 Å². The van der Waals surface area contributed by atoms with Gasteiger partial charge in [0, 0.05) is 37.2 Å². The SMILES string of the molecule is CN(C)C(=O)c1ccc(NC(=O)C2CC(=O)N(c3ccccc3Br)C2)cc1Cl. The third kappa shape index (κ3) is 4.20. The van der Waals surface area contributed by atoms with Gasteiger partial charge in [0.05, 0.1) is 22.2 Å². The Hall–Kier alpha value is -2.38. The van der Waals surface area contributed by atoms with Gasteiger partial charge in [-0.1, -0.05) is 23.7 Å². The van der Waals surface area contributed by atoms with Crippen LogP contribution in [-0.2, 0) is 9.59 Å². The molecule has 0 aliphatic carbocycles. The molecule has 0 saturated carbocycles. The van der Waals surface area contributed by atoms with E-state index in [4.69, 9.17) is 11.6 Å². The van der Waals surface area contributed by atoms with Crippen LogP contribution in [0.25, 0.3) is 0 Å². The van der Waals surface area contributed by atoms with E-state index in [1.807, 2.05) is 24.3 Å². The van der Waals surface area contributed by atoms with Crippen molar-refractivity contribution >= 4 is 56.6 Å². The van der Waals surface area contributed by atoms with Gasteiger partial charge in [-0.05, 0) is 46.3 Å². The molecular formula is C20H19BrClN3O3. The zero-order valence-electron chi connectivity index (χ0n) is 15.4. The third-order valence-electron chi connectivity index (χ3n) is 4.51. The topological polar surface area (TPSA) is 69.7 Å². The minimum atomic E-state index is -0.471. The van der Waals surface area contributed by atoms with E-state index >= 15 is 0 Å². The molecule has 1 saturated heterocycles. The van der Waals surface area contributed by atoms with E-state index in [0.717, 1.165) is 10.2 Å². The van der Waals surface area contributed by atoms with E-state index in [1.165, 1.54) is 4.90 Å². The number of nitrogens with zero attached hydrogens (tertiary/aromatic N) is 2. The maximum Gasteiger partial charge on any atom is 0.254 e. The average molecular weight is 465 g/mol. The van der Waals surface area contributed by atoms with E-state index in [2.05, 4.69) is 21.2 Å². The smallest absolute Gasteiger partial charge is 0.254 e. The minimum Gasteiger partial charge on any atom is -0.345 e. The summed E-state index contributed by atoms with van der Waals surface area (Å²) in [6.45, 7) is 0.304. The van der Waals surface area contributed by atoms with Gasteiger partial charge in [-0.25, -0.2) is 0 Å². The zero-order valence-corrected chi connectivity index (χ0v) is 17.8. The molecule has 2 aromatic carbocycles. The number of benzene rings is 2. The molecule has 6 nitrogen and oxygen atoms in total. The molecule has 1 atom stereocenters. The standard InChI is InChI=1S/C20H19BrClN3O3/c1-24(2)20(28)14-8-7-13(10-16(14)22)23-19(27)12-9-18(26)25(11-12)17-6-4-3-5-15(17)21/h3-8,10,12H,9,11H2,1-2H3,(H,23,27). The molecule has 3 amide bonds. The third-order valence-corrected chi connectivity index (χ3v) is 5.50. The molecular weight excluding hydrogens is 446 g/mol. The number of hydrogen-bond acceptors (Lipinski definition) is 3. The molecule has 1 N–H and O–H groups in total. The van der Waals surface area contributed by atoms with Crippen molar-refractivity contribution in [1.82, 2.24) is 4.90 Å². The number of carbonyl (C=O) groups excluding carboxylic acids is 3. The Balaban J connectivity index is 1.70. The first-order chi connectivity index (χ1) is 13.3. The Bertz CT molecular complexity index is 948. The second-order valence-electron chi connectivity index (χ2n) is 6.74. The molecule has 1 unspecified atom stereocenters. The Kier molecular flexibility index (Phi) is 6.05. The number of hydrogen-bond donors (Lipinski definition) is 1. The van der Waals surface area contributed by atoms with Crippen molar-refractivity contribution in [2.24, 2.45) is 5.92 Å². The number of halogens is 2. The maximum absolute atomic E-state index is 12.6. The first kappa shape index (κ1) is 20.4. The molecule has 0 spiro atoms. The normalized spacial score (nSPS) is 16.2. The van der Waals surface area contributed by atoms with Gasteiger partial charge in [0.15, 0.2) is 0 Å². The Labute approximate surface area is 176 Å². The second kappa shape index (κ2) is 8.32. The summed E-state index contributed by atoms with van der Waals surface area (Å²) in [5.74, 6) is -1.04. The van der Waals surface area contributed by atoms with Gasteiger partial charge < -0.3 is 15.1 Å². The molecule has 8 heteroatoms. The second-order valence-corrected chi connectivity index (χ2v) is 8.00. The molecule has 1 aliphatic rings. The van der Waals surface area contributed by atoms with Crippen LogP contribution < -0.4 is 10.2 Å². The number of nitrogens with one attached hydrogen (secondary N) is 1. The summed E-state index contributed by atoms with van der Waals surface area (Å²) < 4.78 is 0.803. The maximum atomic E-state index is 12.6. The molecule has 1 fully saturated rings. The van der Waals surface area contributed by atoms with Gasteiger partial charge in [-0.15, -0.1) is 0 Å². The molecule has 0 aromatic heterocycles. The fourth-order valence-electron chi connectivity index (χ4n) is 3.04. The van der Waals surface area contributed by atoms with Crippen molar-refractivity contribution in [3.05, 3.63) is 57.5 Å². The summed E-state index contributed by atoms with van der Waals surface area (Å²) in [4.78, 5) is 40.1. The monoisotopic (exact) mass is 463 g/mol. The summed E-state index contributed by atoms with van der Waals surface area (Å²) in [5, 5.41) is 3.05. The highest BCUT2D eigenvalue weighted by Crippen LogP contribution is 2.32. The minimum absolute atomic E-state index is 0.1000. The summed E-state index contributed by atoms with van der Waals surface area (Å²) in [5.41, 5.74) is 1.59. The fourth-order valence-corrected chi connectivity index (χ4v) is 3.80. The first-order valence-corrected chi connectivity index (χ1v) is 9.82. The van der Waals surface area contributed by atoms with Crippen LogP contribution >= 0.6 is 27.5 Å². The van der Waals surface area contributed by atoms with Crippen LogP contribution in [0.5, 0.6) is 0 Å². The van der Waals surface area contributed by atoms with Crippen molar-refractivity contribution in [2.45, 2.75) is 6.42 Å². The molecule has 146 valence electrons. The van der Waals surface area contributed by atoms with Crippen LogP contribution in [0.2, 0.25) is 5.02 Å². The summed E-state index contributed by atoms with van der Waals surface area (Å²) in [6.07, 6.45) is 0.137. The van der Waals surface area contributed by atoms with Crippen molar-refractivity contribution < 1.29 is 14.4 Å². The number of carbonyl (C=O) groups is 3. The molecule has 0 bridgehead atoms.